The zero-order valence-corrected chi connectivity index (χ0v) is 7.57. The average Bonchev–Trinajstić information content (AvgIpc) is 2.17. The first kappa shape index (κ1) is 9.65. The lowest BCUT2D eigenvalue weighted by molar-refractivity contribution is -0.118. The molecular weight excluding hydrogens is 162 g/mol. The molecule has 0 atom stereocenters. The zero-order valence-electron chi connectivity index (χ0n) is 7.57. The Labute approximate surface area is 78.3 Å². The fraction of sp³-hybridized carbons (Fsp3) is 0.273. The molecule has 0 saturated carbocycles. The predicted octanol–water partition coefficient (Wildman–Crippen LogP) is 2.16. The molecule has 0 aromatic carbocycles. The maximum Gasteiger partial charge on any atom is 0.137 e. The van der Waals surface area contributed by atoms with Gasteiger partial charge in [-0.15, -0.1) is 6.58 Å². The highest BCUT2D eigenvalue weighted by atomic mass is 16.1. The predicted molar refractivity (Wildman–Crippen MR) is 52.4 cm³/mol. The van der Waals surface area contributed by atoms with Gasteiger partial charge in [-0.25, -0.2) is 0 Å². The van der Waals surface area contributed by atoms with Crippen LogP contribution in [0.25, 0.3) is 0 Å². The van der Waals surface area contributed by atoms with Gasteiger partial charge in [0.25, 0.3) is 0 Å². The quantitative estimate of drug-likeness (QED) is 0.642. The summed E-state index contributed by atoms with van der Waals surface area (Å²) in [4.78, 5) is 15.3. The van der Waals surface area contributed by atoms with Crippen molar-refractivity contribution in [2.45, 2.75) is 19.3 Å². The normalized spacial score (nSPS) is 9.54. The molecule has 2 nitrogen and oxygen atoms in total. The van der Waals surface area contributed by atoms with Gasteiger partial charge >= 0.3 is 0 Å². The number of rotatable bonds is 5. The molecule has 68 valence electrons. The Morgan fingerprint density at radius 3 is 3.00 bits per heavy atom. The van der Waals surface area contributed by atoms with Crippen LogP contribution in [0.2, 0.25) is 0 Å². The highest BCUT2D eigenvalue weighted by molar-refractivity contribution is 5.79. The molecule has 1 rings (SSSR count). The lowest BCUT2D eigenvalue weighted by Gasteiger charge is -1.97. The van der Waals surface area contributed by atoms with Crippen LogP contribution in [-0.4, -0.2) is 10.8 Å². The first-order valence-corrected chi connectivity index (χ1v) is 4.35. The molecule has 0 spiro atoms. The van der Waals surface area contributed by atoms with Crippen LogP contribution in [0, 0.1) is 0 Å². The lowest BCUT2D eigenvalue weighted by Crippen LogP contribution is -1.99. The van der Waals surface area contributed by atoms with E-state index >= 15 is 0 Å². The molecule has 1 aromatic rings. The van der Waals surface area contributed by atoms with E-state index in [2.05, 4.69) is 11.6 Å². The molecular formula is C11H13NO. The second kappa shape index (κ2) is 5.25. The number of Topliss-reactive ketones (excluding diaryl/α,β-unsaturated/α-hetero) is 1. The summed E-state index contributed by atoms with van der Waals surface area (Å²) in [5, 5.41) is 0. The van der Waals surface area contributed by atoms with Crippen molar-refractivity contribution < 1.29 is 4.79 Å². The van der Waals surface area contributed by atoms with Crippen LogP contribution >= 0.6 is 0 Å². The second-order valence-electron chi connectivity index (χ2n) is 2.85. The van der Waals surface area contributed by atoms with Gasteiger partial charge < -0.3 is 0 Å². The van der Waals surface area contributed by atoms with Gasteiger partial charge in [0, 0.05) is 24.7 Å². The molecule has 0 saturated heterocycles. The van der Waals surface area contributed by atoms with Crippen molar-refractivity contribution in [3.8, 4) is 0 Å². The summed E-state index contributed by atoms with van der Waals surface area (Å²) in [6, 6.07) is 5.73. The number of carbonyl (C=O) groups is 1. The van der Waals surface area contributed by atoms with Gasteiger partial charge in [-0.05, 0) is 18.6 Å². The van der Waals surface area contributed by atoms with Crippen LogP contribution in [0.3, 0.4) is 0 Å². The van der Waals surface area contributed by atoms with E-state index in [1.54, 1.807) is 12.3 Å². The third-order valence-electron chi connectivity index (χ3n) is 1.76. The molecule has 0 bridgehead atoms. The Morgan fingerprint density at radius 2 is 2.38 bits per heavy atom. The van der Waals surface area contributed by atoms with Gasteiger partial charge in [0.1, 0.15) is 5.78 Å². The number of allylic oxidation sites excluding steroid dienone is 1. The summed E-state index contributed by atoms with van der Waals surface area (Å²) < 4.78 is 0. The van der Waals surface area contributed by atoms with E-state index in [1.807, 2.05) is 18.2 Å². The van der Waals surface area contributed by atoms with Crippen LogP contribution in [0.1, 0.15) is 18.5 Å². The van der Waals surface area contributed by atoms with Crippen molar-refractivity contribution in [1.29, 1.82) is 0 Å². The van der Waals surface area contributed by atoms with E-state index in [9.17, 15) is 4.79 Å². The maximum absolute atomic E-state index is 11.1. The number of carbonyl (C=O) groups excluding carboxylic acids is 1. The summed E-state index contributed by atoms with van der Waals surface area (Å²) in [6.07, 6.45) is 5.14. The van der Waals surface area contributed by atoms with Crippen LogP contribution in [0.5, 0.6) is 0 Å². The summed E-state index contributed by atoms with van der Waals surface area (Å²) in [5.41, 5.74) is 0.972. The van der Waals surface area contributed by atoms with Crippen molar-refractivity contribution in [3.63, 3.8) is 0 Å². The van der Waals surface area contributed by atoms with E-state index in [0.717, 1.165) is 12.1 Å². The average molecular weight is 175 g/mol. The van der Waals surface area contributed by atoms with Crippen LogP contribution < -0.4 is 0 Å². The SMILES string of the molecule is C=CCC(=O)CCc1ccccn1. The lowest BCUT2D eigenvalue weighted by atomic mass is 10.1. The van der Waals surface area contributed by atoms with Gasteiger partial charge in [0.15, 0.2) is 0 Å². The molecule has 0 fully saturated rings. The molecule has 0 unspecified atom stereocenters. The molecule has 0 aliphatic heterocycles. The van der Waals surface area contributed by atoms with Crippen molar-refractivity contribution in [3.05, 3.63) is 42.7 Å². The minimum atomic E-state index is 0.223. The molecule has 1 aromatic heterocycles. The van der Waals surface area contributed by atoms with Gasteiger partial charge in [0.05, 0.1) is 0 Å². The minimum Gasteiger partial charge on any atom is -0.299 e. The molecule has 0 aliphatic rings. The fourth-order valence-electron chi connectivity index (χ4n) is 1.08. The smallest absolute Gasteiger partial charge is 0.137 e. The number of aromatic nitrogens is 1. The number of aryl methyl sites for hydroxylation is 1. The van der Waals surface area contributed by atoms with Gasteiger partial charge in [-0.3, -0.25) is 9.78 Å². The third-order valence-corrected chi connectivity index (χ3v) is 1.76. The Morgan fingerprint density at radius 1 is 1.54 bits per heavy atom. The topological polar surface area (TPSA) is 30.0 Å². The van der Waals surface area contributed by atoms with Gasteiger partial charge in [-0.1, -0.05) is 12.1 Å². The van der Waals surface area contributed by atoms with E-state index in [-0.39, 0.29) is 5.78 Å². The van der Waals surface area contributed by atoms with Gasteiger partial charge in [0.2, 0.25) is 0 Å². The van der Waals surface area contributed by atoms with Crippen LogP contribution in [0.4, 0.5) is 0 Å². The van der Waals surface area contributed by atoms with Crippen LogP contribution in [-0.2, 0) is 11.2 Å². The zero-order chi connectivity index (χ0) is 9.52. The highest BCUT2D eigenvalue weighted by Crippen LogP contribution is 2.00. The molecule has 0 N–H and O–H groups in total. The van der Waals surface area contributed by atoms with Crippen molar-refractivity contribution >= 4 is 5.78 Å². The summed E-state index contributed by atoms with van der Waals surface area (Å²) in [5.74, 6) is 0.223. The monoisotopic (exact) mass is 175 g/mol. The fourth-order valence-corrected chi connectivity index (χ4v) is 1.08. The van der Waals surface area contributed by atoms with Crippen molar-refractivity contribution in [2.75, 3.05) is 0 Å². The number of hydrogen-bond donors (Lipinski definition) is 0. The Bertz CT molecular complexity index is 279. The second-order valence-corrected chi connectivity index (χ2v) is 2.85. The standard InChI is InChI=1S/C11H13NO/c1-2-5-11(13)8-7-10-6-3-4-9-12-10/h2-4,6,9H,1,5,7-8H2. The molecule has 0 aliphatic carbocycles. The Balaban J connectivity index is 2.35. The number of ketones is 1. The largest absolute Gasteiger partial charge is 0.299 e. The van der Waals surface area contributed by atoms with E-state index in [4.69, 9.17) is 0 Å². The molecule has 0 radical (unpaired) electrons. The number of hydrogen-bond acceptors (Lipinski definition) is 2. The maximum atomic E-state index is 11.1. The molecule has 1 heterocycles. The van der Waals surface area contributed by atoms with E-state index < -0.39 is 0 Å². The Hall–Kier alpha value is -1.44. The molecule has 13 heavy (non-hydrogen) atoms. The highest BCUT2D eigenvalue weighted by Gasteiger charge is 2.00. The van der Waals surface area contributed by atoms with Crippen LogP contribution in [0.15, 0.2) is 37.1 Å². The van der Waals surface area contributed by atoms with Crippen molar-refractivity contribution in [1.82, 2.24) is 4.98 Å². The molecule has 0 amide bonds. The van der Waals surface area contributed by atoms with Gasteiger partial charge in [-0.2, -0.15) is 0 Å². The minimum absolute atomic E-state index is 0.223. The van der Waals surface area contributed by atoms with E-state index in [0.29, 0.717) is 12.8 Å². The summed E-state index contributed by atoms with van der Waals surface area (Å²) in [7, 11) is 0. The molecule has 2 heteroatoms. The van der Waals surface area contributed by atoms with Crippen molar-refractivity contribution in [2.24, 2.45) is 0 Å². The van der Waals surface area contributed by atoms with E-state index in [1.165, 1.54) is 0 Å². The summed E-state index contributed by atoms with van der Waals surface area (Å²) in [6.45, 7) is 3.52. The Kier molecular flexibility index (Phi) is 3.89. The third kappa shape index (κ3) is 3.65. The number of nitrogens with zero attached hydrogens (tertiary/aromatic N) is 1. The summed E-state index contributed by atoms with van der Waals surface area (Å²) >= 11 is 0. The number of pyridine rings is 1. The first-order valence-electron chi connectivity index (χ1n) is 4.35. The first-order chi connectivity index (χ1) is 6.33.